The first-order valence-electron chi connectivity index (χ1n) is 10.1. The van der Waals surface area contributed by atoms with Crippen LogP contribution in [0.2, 0.25) is 0 Å². The summed E-state index contributed by atoms with van der Waals surface area (Å²) in [7, 11) is 3.34. The lowest BCUT2D eigenvalue weighted by Gasteiger charge is -2.29. The zero-order valence-corrected chi connectivity index (χ0v) is 16.9. The van der Waals surface area contributed by atoms with Crippen LogP contribution in [-0.2, 0) is 5.41 Å². The molecule has 5 heteroatoms. The Morgan fingerprint density at radius 2 is 1.71 bits per heavy atom. The summed E-state index contributed by atoms with van der Waals surface area (Å²) in [4.78, 5) is 0. The third-order valence-corrected chi connectivity index (χ3v) is 5.72. The fourth-order valence-electron chi connectivity index (χ4n) is 4.16. The van der Waals surface area contributed by atoms with Crippen LogP contribution in [0.1, 0.15) is 31.2 Å². The van der Waals surface area contributed by atoms with Crippen molar-refractivity contribution in [1.82, 2.24) is 0 Å². The van der Waals surface area contributed by atoms with Crippen LogP contribution < -0.4 is 19.5 Å². The molecule has 0 spiro atoms. The van der Waals surface area contributed by atoms with Crippen molar-refractivity contribution >= 4 is 0 Å². The molecule has 152 valence electrons. The number of methoxy groups -OCH3 is 2. The van der Waals surface area contributed by atoms with Gasteiger partial charge in [0.1, 0.15) is 25.0 Å². The van der Waals surface area contributed by atoms with Crippen molar-refractivity contribution in [3.8, 4) is 17.2 Å². The molecule has 0 radical (unpaired) electrons. The summed E-state index contributed by atoms with van der Waals surface area (Å²) >= 11 is 0. The predicted octanol–water partition coefficient (Wildman–Crippen LogP) is 2.52. The average Bonchev–Trinajstić information content (AvgIpc) is 3.22. The molecule has 0 bridgehead atoms. The standard InChI is InChI=1S/C23H31NO4/c1-26-21-11-10-18(14-22(21)27-2)23(12-6-7-13-23)17-24-15-19(25)16-28-20-8-4-3-5-9-20/h3-5,8-11,14,19,24-25H,6-7,12-13,15-17H2,1-2H3/p+1/t19-/m0/s1. The molecule has 1 aliphatic carbocycles. The van der Waals surface area contributed by atoms with Gasteiger partial charge in [-0.15, -0.1) is 0 Å². The first kappa shape index (κ1) is 20.5. The molecular weight excluding hydrogens is 354 g/mol. The number of ether oxygens (including phenoxy) is 3. The van der Waals surface area contributed by atoms with Gasteiger partial charge in [-0.3, -0.25) is 0 Å². The zero-order chi connectivity index (χ0) is 19.8. The summed E-state index contributed by atoms with van der Waals surface area (Å²) in [5.74, 6) is 2.33. The molecule has 0 heterocycles. The molecule has 0 saturated heterocycles. The Hall–Kier alpha value is -2.24. The highest BCUT2D eigenvalue weighted by Gasteiger charge is 2.38. The van der Waals surface area contributed by atoms with Crippen LogP contribution >= 0.6 is 0 Å². The van der Waals surface area contributed by atoms with Gasteiger partial charge in [-0.1, -0.05) is 37.1 Å². The van der Waals surface area contributed by atoms with E-state index in [1.165, 1.54) is 18.4 Å². The van der Waals surface area contributed by atoms with Gasteiger partial charge in [0.25, 0.3) is 0 Å². The summed E-state index contributed by atoms with van der Waals surface area (Å²) < 4.78 is 16.5. The molecule has 0 aromatic heterocycles. The van der Waals surface area contributed by atoms with Gasteiger partial charge < -0.3 is 24.6 Å². The molecule has 1 fully saturated rings. The van der Waals surface area contributed by atoms with Crippen molar-refractivity contribution in [1.29, 1.82) is 0 Å². The van der Waals surface area contributed by atoms with E-state index in [2.05, 4.69) is 17.4 Å². The summed E-state index contributed by atoms with van der Waals surface area (Å²) in [6, 6.07) is 15.9. The number of benzene rings is 2. The molecule has 0 aliphatic heterocycles. The number of para-hydroxylation sites is 1. The van der Waals surface area contributed by atoms with Gasteiger partial charge in [0.05, 0.1) is 20.8 Å². The molecule has 1 saturated carbocycles. The van der Waals surface area contributed by atoms with Gasteiger partial charge in [0.2, 0.25) is 0 Å². The van der Waals surface area contributed by atoms with E-state index >= 15 is 0 Å². The lowest BCUT2D eigenvalue weighted by atomic mass is 9.78. The summed E-state index contributed by atoms with van der Waals surface area (Å²) in [5.41, 5.74) is 1.42. The van der Waals surface area contributed by atoms with Crippen LogP contribution in [0.15, 0.2) is 48.5 Å². The van der Waals surface area contributed by atoms with Crippen molar-refractivity contribution in [3.63, 3.8) is 0 Å². The Morgan fingerprint density at radius 1 is 1.00 bits per heavy atom. The van der Waals surface area contributed by atoms with Crippen LogP contribution in [0.5, 0.6) is 17.2 Å². The van der Waals surface area contributed by atoms with Crippen LogP contribution in [0.4, 0.5) is 0 Å². The topological polar surface area (TPSA) is 64.5 Å². The lowest BCUT2D eigenvalue weighted by Crippen LogP contribution is -2.89. The second-order valence-electron chi connectivity index (χ2n) is 7.56. The number of quaternary nitrogens is 1. The van der Waals surface area contributed by atoms with Crippen LogP contribution in [0.25, 0.3) is 0 Å². The molecule has 3 rings (SSSR count). The van der Waals surface area contributed by atoms with Crippen LogP contribution in [-0.4, -0.2) is 45.1 Å². The molecule has 2 aromatic carbocycles. The van der Waals surface area contributed by atoms with Gasteiger partial charge in [-0.25, -0.2) is 0 Å². The minimum atomic E-state index is -0.496. The lowest BCUT2D eigenvalue weighted by molar-refractivity contribution is -0.668. The van der Waals surface area contributed by atoms with Gasteiger partial charge in [-0.05, 0) is 42.7 Å². The molecular formula is C23H32NO4+. The number of rotatable bonds is 10. The average molecular weight is 387 g/mol. The van der Waals surface area contributed by atoms with E-state index in [-0.39, 0.29) is 5.41 Å². The van der Waals surface area contributed by atoms with Gasteiger partial charge in [0.15, 0.2) is 11.5 Å². The van der Waals surface area contributed by atoms with Crippen molar-refractivity contribution in [2.24, 2.45) is 0 Å². The minimum Gasteiger partial charge on any atom is -0.493 e. The maximum atomic E-state index is 10.3. The van der Waals surface area contributed by atoms with Crippen molar-refractivity contribution in [3.05, 3.63) is 54.1 Å². The van der Waals surface area contributed by atoms with Gasteiger partial charge >= 0.3 is 0 Å². The molecule has 3 N–H and O–H groups in total. The second kappa shape index (κ2) is 9.80. The second-order valence-corrected chi connectivity index (χ2v) is 7.56. The maximum absolute atomic E-state index is 10.3. The molecule has 5 nitrogen and oxygen atoms in total. The summed E-state index contributed by atoms with van der Waals surface area (Å²) in [6.07, 6.45) is 4.30. The quantitative estimate of drug-likeness (QED) is 0.659. The Morgan fingerprint density at radius 3 is 2.39 bits per heavy atom. The predicted molar refractivity (Wildman–Crippen MR) is 109 cm³/mol. The molecule has 1 atom stereocenters. The highest BCUT2D eigenvalue weighted by molar-refractivity contribution is 5.45. The smallest absolute Gasteiger partial charge is 0.161 e. The monoisotopic (exact) mass is 386 g/mol. The fourth-order valence-corrected chi connectivity index (χ4v) is 4.16. The first-order chi connectivity index (χ1) is 13.7. The SMILES string of the molecule is COc1ccc(C2(C[NH2+]C[C@H](O)COc3ccccc3)CCCC2)cc1OC. The van der Waals surface area contributed by atoms with E-state index in [1.807, 2.05) is 36.4 Å². The Labute approximate surface area is 167 Å². The van der Waals surface area contributed by atoms with E-state index in [0.29, 0.717) is 13.2 Å². The Kier molecular flexibility index (Phi) is 7.18. The molecule has 2 aromatic rings. The third kappa shape index (κ3) is 4.97. The molecule has 28 heavy (non-hydrogen) atoms. The van der Waals surface area contributed by atoms with Crippen molar-refractivity contribution < 1.29 is 24.6 Å². The number of nitrogens with two attached hydrogens (primary N) is 1. The number of hydrogen-bond donors (Lipinski definition) is 2. The van der Waals surface area contributed by atoms with E-state index in [9.17, 15) is 5.11 Å². The Balaban J connectivity index is 1.57. The zero-order valence-electron chi connectivity index (χ0n) is 16.9. The van der Waals surface area contributed by atoms with Gasteiger partial charge in [0, 0.05) is 5.41 Å². The molecule has 0 amide bonds. The van der Waals surface area contributed by atoms with Crippen LogP contribution in [0, 0.1) is 0 Å². The van der Waals surface area contributed by atoms with E-state index in [0.717, 1.165) is 36.6 Å². The largest absolute Gasteiger partial charge is 0.493 e. The summed E-state index contributed by atoms with van der Waals surface area (Å²) in [6.45, 7) is 1.89. The normalized spacial score (nSPS) is 16.5. The van der Waals surface area contributed by atoms with E-state index in [1.54, 1.807) is 14.2 Å². The number of aliphatic hydroxyl groups is 1. The maximum Gasteiger partial charge on any atom is 0.161 e. The van der Waals surface area contributed by atoms with Gasteiger partial charge in [-0.2, -0.15) is 0 Å². The highest BCUT2D eigenvalue weighted by Crippen LogP contribution is 2.42. The van der Waals surface area contributed by atoms with Crippen LogP contribution in [0.3, 0.4) is 0 Å². The fraction of sp³-hybridized carbons (Fsp3) is 0.478. The minimum absolute atomic E-state index is 0.125. The molecule has 1 aliphatic rings. The Bertz CT molecular complexity index is 729. The number of hydrogen-bond acceptors (Lipinski definition) is 4. The number of aliphatic hydroxyl groups excluding tert-OH is 1. The third-order valence-electron chi connectivity index (χ3n) is 5.72. The van der Waals surface area contributed by atoms with Crippen molar-refractivity contribution in [2.75, 3.05) is 33.9 Å². The van der Waals surface area contributed by atoms with E-state index < -0.39 is 6.10 Å². The highest BCUT2D eigenvalue weighted by atomic mass is 16.5. The molecule has 0 unspecified atom stereocenters. The summed E-state index contributed by atoms with van der Waals surface area (Å²) in [5, 5.41) is 12.5. The van der Waals surface area contributed by atoms with Crippen molar-refractivity contribution in [2.45, 2.75) is 37.2 Å². The van der Waals surface area contributed by atoms with E-state index in [4.69, 9.17) is 14.2 Å². The first-order valence-corrected chi connectivity index (χ1v) is 10.1.